The van der Waals surface area contributed by atoms with E-state index in [-0.39, 0.29) is 0 Å². The second kappa shape index (κ2) is 5.00. The van der Waals surface area contributed by atoms with Gasteiger partial charge in [-0.05, 0) is 32.4 Å². The van der Waals surface area contributed by atoms with E-state index in [0.29, 0.717) is 17.8 Å². The number of hydrogen-bond donors (Lipinski definition) is 1. The lowest BCUT2D eigenvalue weighted by atomic mass is 10.2. The highest BCUT2D eigenvalue weighted by atomic mass is 19.2. The van der Waals surface area contributed by atoms with Gasteiger partial charge in [0, 0.05) is 36.9 Å². The Balaban J connectivity index is 1.96. The van der Waals surface area contributed by atoms with Gasteiger partial charge in [0.05, 0.1) is 0 Å². The van der Waals surface area contributed by atoms with Gasteiger partial charge in [-0.15, -0.1) is 0 Å². The summed E-state index contributed by atoms with van der Waals surface area (Å²) in [6.07, 6.45) is 1.04. The number of anilines is 1. The predicted octanol–water partition coefficient (Wildman–Crippen LogP) is 2.86. The van der Waals surface area contributed by atoms with Gasteiger partial charge in [-0.1, -0.05) is 0 Å². The average Bonchev–Trinajstić information content (AvgIpc) is 2.72. The molecule has 4 heteroatoms. The molecule has 2 rings (SSSR count). The Hall–Kier alpha value is -1.16. The smallest absolute Gasteiger partial charge is 0.160 e. The molecule has 0 saturated carbocycles. The molecule has 1 aromatic rings. The van der Waals surface area contributed by atoms with Crippen LogP contribution in [-0.2, 0) is 0 Å². The molecule has 1 atom stereocenters. The fourth-order valence-electron chi connectivity index (χ4n) is 2.20. The fourth-order valence-corrected chi connectivity index (χ4v) is 2.20. The zero-order chi connectivity index (χ0) is 12.4. The summed E-state index contributed by atoms with van der Waals surface area (Å²) in [5.74, 6) is -1.60. The van der Waals surface area contributed by atoms with Crippen molar-refractivity contribution in [2.75, 3.05) is 18.4 Å². The number of likely N-dealkylation sites (tertiary alicyclic amines) is 1. The number of halogens is 2. The quantitative estimate of drug-likeness (QED) is 0.874. The first-order chi connectivity index (χ1) is 8.06. The molecule has 0 aliphatic carbocycles. The minimum atomic E-state index is -0.800. The van der Waals surface area contributed by atoms with Crippen LogP contribution < -0.4 is 5.32 Å². The maximum atomic E-state index is 13.0. The molecule has 1 aliphatic rings. The highest BCUT2D eigenvalue weighted by Crippen LogP contribution is 2.19. The molecule has 17 heavy (non-hydrogen) atoms. The van der Waals surface area contributed by atoms with Crippen molar-refractivity contribution in [2.45, 2.75) is 32.4 Å². The van der Waals surface area contributed by atoms with Crippen molar-refractivity contribution < 1.29 is 8.78 Å². The average molecular weight is 240 g/mol. The van der Waals surface area contributed by atoms with Gasteiger partial charge >= 0.3 is 0 Å². The summed E-state index contributed by atoms with van der Waals surface area (Å²) in [7, 11) is 0. The van der Waals surface area contributed by atoms with E-state index in [0.717, 1.165) is 25.6 Å². The van der Waals surface area contributed by atoms with Crippen molar-refractivity contribution >= 4 is 5.69 Å². The molecule has 94 valence electrons. The number of nitrogens with one attached hydrogen (secondary N) is 1. The maximum Gasteiger partial charge on any atom is 0.160 e. The fraction of sp³-hybridized carbons (Fsp3) is 0.538. The van der Waals surface area contributed by atoms with Crippen LogP contribution in [0.2, 0.25) is 0 Å². The largest absolute Gasteiger partial charge is 0.381 e. The molecule has 1 aliphatic heterocycles. The molecule has 1 unspecified atom stereocenters. The highest BCUT2D eigenvalue weighted by Gasteiger charge is 2.23. The van der Waals surface area contributed by atoms with Crippen molar-refractivity contribution in [3.63, 3.8) is 0 Å². The SMILES string of the molecule is CC(C)N1CCC(Nc2ccc(F)c(F)c2)C1. The zero-order valence-electron chi connectivity index (χ0n) is 10.2. The molecule has 2 nitrogen and oxygen atoms in total. The molecule has 1 fully saturated rings. The standard InChI is InChI=1S/C13H18F2N2/c1-9(2)17-6-5-11(8-17)16-10-3-4-12(14)13(15)7-10/h3-4,7,9,11,16H,5-6,8H2,1-2H3. The van der Waals surface area contributed by atoms with E-state index in [2.05, 4.69) is 24.1 Å². The van der Waals surface area contributed by atoms with Crippen LogP contribution in [0.5, 0.6) is 0 Å². The molecular formula is C13H18F2N2. The third-order valence-corrected chi connectivity index (χ3v) is 3.24. The normalized spacial score (nSPS) is 21.1. The number of hydrogen-bond acceptors (Lipinski definition) is 2. The summed E-state index contributed by atoms with van der Waals surface area (Å²) in [5, 5.41) is 3.25. The van der Waals surface area contributed by atoms with Crippen molar-refractivity contribution in [3.05, 3.63) is 29.8 Å². The van der Waals surface area contributed by atoms with Crippen LogP contribution in [0.15, 0.2) is 18.2 Å². The predicted molar refractivity (Wildman–Crippen MR) is 65.1 cm³/mol. The van der Waals surface area contributed by atoms with Gasteiger partial charge in [-0.3, -0.25) is 4.90 Å². The van der Waals surface area contributed by atoms with Crippen molar-refractivity contribution in [1.82, 2.24) is 4.90 Å². The van der Waals surface area contributed by atoms with Crippen LogP contribution in [0, 0.1) is 11.6 Å². The van der Waals surface area contributed by atoms with Gasteiger partial charge in [0.2, 0.25) is 0 Å². The van der Waals surface area contributed by atoms with E-state index >= 15 is 0 Å². The number of benzene rings is 1. The topological polar surface area (TPSA) is 15.3 Å². The lowest BCUT2D eigenvalue weighted by molar-refractivity contribution is 0.274. The van der Waals surface area contributed by atoms with Gasteiger partial charge in [-0.25, -0.2) is 8.78 Å². The second-order valence-electron chi connectivity index (χ2n) is 4.85. The third-order valence-electron chi connectivity index (χ3n) is 3.24. The molecule has 0 amide bonds. The Morgan fingerprint density at radius 3 is 2.65 bits per heavy atom. The van der Waals surface area contributed by atoms with Crippen LogP contribution in [-0.4, -0.2) is 30.1 Å². The molecule has 0 radical (unpaired) electrons. The van der Waals surface area contributed by atoms with E-state index in [9.17, 15) is 8.78 Å². The van der Waals surface area contributed by atoms with Gasteiger partial charge in [0.25, 0.3) is 0 Å². The Morgan fingerprint density at radius 2 is 2.06 bits per heavy atom. The van der Waals surface area contributed by atoms with Crippen LogP contribution in [0.3, 0.4) is 0 Å². The summed E-state index contributed by atoms with van der Waals surface area (Å²) < 4.78 is 25.8. The molecule has 1 aromatic carbocycles. The molecule has 0 aromatic heterocycles. The Bertz CT molecular complexity index is 393. The van der Waals surface area contributed by atoms with Crippen molar-refractivity contribution in [3.8, 4) is 0 Å². The third kappa shape index (κ3) is 2.94. The van der Waals surface area contributed by atoms with E-state index in [4.69, 9.17) is 0 Å². The zero-order valence-corrected chi connectivity index (χ0v) is 10.2. The Labute approximate surface area is 101 Å². The van der Waals surface area contributed by atoms with Gasteiger partial charge in [0.15, 0.2) is 11.6 Å². The first-order valence-corrected chi connectivity index (χ1v) is 6.02. The van der Waals surface area contributed by atoms with Crippen molar-refractivity contribution in [1.29, 1.82) is 0 Å². The van der Waals surface area contributed by atoms with Gasteiger partial charge in [-0.2, -0.15) is 0 Å². The molecule has 1 heterocycles. The Morgan fingerprint density at radius 1 is 1.29 bits per heavy atom. The van der Waals surface area contributed by atoms with Crippen LogP contribution in [0.25, 0.3) is 0 Å². The maximum absolute atomic E-state index is 13.0. The van der Waals surface area contributed by atoms with Crippen LogP contribution in [0.4, 0.5) is 14.5 Å². The highest BCUT2D eigenvalue weighted by molar-refractivity contribution is 5.44. The summed E-state index contributed by atoms with van der Waals surface area (Å²) in [4.78, 5) is 2.37. The number of rotatable bonds is 3. The minimum Gasteiger partial charge on any atom is -0.381 e. The van der Waals surface area contributed by atoms with Crippen LogP contribution >= 0.6 is 0 Å². The first-order valence-electron chi connectivity index (χ1n) is 6.02. The number of nitrogens with zero attached hydrogens (tertiary/aromatic N) is 1. The Kier molecular flexibility index (Phi) is 3.62. The van der Waals surface area contributed by atoms with Gasteiger partial charge < -0.3 is 5.32 Å². The van der Waals surface area contributed by atoms with E-state index in [1.165, 1.54) is 6.07 Å². The molecule has 0 spiro atoms. The van der Waals surface area contributed by atoms with E-state index in [1.807, 2.05) is 0 Å². The van der Waals surface area contributed by atoms with Crippen LogP contribution in [0.1, 0.15) is 20.3 Å². The molecular weight excluding hydrogens is 222 g/mol. The summed E-state index contributed by atoms with van der Waals surface area (Å²) in [5.41, 5.74) is 0.652. The summed E-state index contributed by atoms with van der Waals surface area (Å²) >= 11 is 0. The monoisotopic (exact) mass is 240 g/mol. The minimum absolute atomic E-state index is 0.322. The summed E-state index contributed by atoms with van der Waals surface area (Å²) in [6.45, 7) is 6.34. The van der Waals surface area contributed by atoms with Gasteiger partial charge in [0.1, 0.15) is 0 Å². The first kappa shape index (κ1) is 12.3. The molecule has 1 saturated heterocycles. The van der Waals surface area contributed by atoms with Crippen molar-refractivity contribution in [2.24, 2.45) is 0 Å². The lowest BCUT2D eigenvalue weighted by Gasteiger charge is -2.20. The van der Waals surface area contributed by atoms with E-state index in [1.54, 1.807) is 6.07 Å². The molecule has 0 bridgehead atoms. The van der Waals surface area contributed by atoms with E-state index < -0.39 is 11.6 Å². The lowest BCUT2D eigenvalue weighted by Crippen LogP contribution is -2.31. The summed E-state index contributed by atoms with van der Waals surface area (Å²) in [6, 6.07) is 4.81. The molecule has 1 N–H and O–H groups in total. The second-order valence-corrected chi connectivity index (χ2v) is 4.85.